The molecule has 5 unspecified atom stereocenters. The predicted molar refractivity (Wildman–Crippen MR) is 69.2 cm³/mol. The van der Waals surface area contributed by atoms with Gasteiger partial charge in [-0.15, -0.1) is 0 Å². The second-order valence-corrected chi connectivity index (χ2v) is 7.78. The van der Waals surface area contributed by atoms with Crippen molar-refractivity contribution in [1.29, 1.82) is 0 Å². The molecule has 2 N–H and O–H groups in total. The Morgan fingerprint density at radius 1 is 1.11 bits per heavy atom. The van der Waals surface area contributed by atoms with E-state index in [0.29, 0.717) is 11.8 Å². The molecule has 18 heavy (non-hydrogen) atoms. The summed E-state index contributed by atoms with van der Waals surface area (Å²) in [7, 11) is 0. The van der Waals surface area contributed by atoms with E-state index in [9.17, 15) is 10.2 Å². The van der Waals surface area contributed by atoms with Gasteiger partial charge in [-0.05, 0) is 71.6 Å². The summed E-state index contributed by atoms with van der Waals surface area (Å²) >= 11 is 0. The van der Waals surface area contributed by atoms with Crippen LogP contribution in [0.1, 0.15) is 59.8 Å². The zero-order chi connectivity index (χ0) is 13.4. The first-order valence-corrected chi connectivity index (χ1v) is 7.25. The van der Waals surface area contributed by atoms with Gasteiger partial charge < -0.3 is 14.9 Å². The molecule has 2 bridgehead atoms. The Balaban J connectivity index is 2.05. The normalized spacial score (nSPS) is 55.7. The van der Waals surface area contributed by atoms with Crippen LogP contribution in [-0.4, -0.2) is 32.6 Å². The third-order valence-corrected chi connectivity index (χ3v) is 6.15. The topological polar surface area (TPSA) is 49.7 Å². The molecular weight excluding hydrogens is 228 g/mol. The smallest absolute Gasteiger partial charge is 0.0975 e. The number of ether oxygens (including phenoxy) is 1. The van der Waals surface area contributed by atoms with Crippen LogP contribution in [0.25, 0.3) is 0 Å². The molecule has 2 saturated carbocycles. The maximum atomic E-state index is 10.7. The fraction of sp³-hybridized carbons (Fsp3) is 1.00. The van der Waals surface area contributed by atoms with Gasteiger partial charge in [0.1, 0.15) is 0 Å². The van der Waals surface area contributed by atoms with Crippen molar-refractivity contribution in [3.8, 4) is 0 Å². The Hall–Kier alpha value is -0.120. The number of hydrogen-bond acceptors (Lipinski definition) is 3. The van der Waals surface area contributed by atoms with Crippen LogP contribution in [0.15, 0.2) is 0 Å². The molecule has 3 fully saturated rings. The summed E-state index contributed by atoms with van der Waals surface area (Å²) in [6.07, 6.45) is 4.45. The number of aliphatic hydroxyl groups is 2. The average Bonchev–Trinajstić information content (AvgIpc) is 2.61. The van der Waals surface area contributed by atoms with Gasteiger partial charge in [0.2, 0.25) is 0 Å². The van der Waals surface area contributed by atoms with Gasteiger partial charge in [-0.25, -0.2) is 0 Å². The van der Waals surface area contributed by atoms with E-state index in [2.05, 4.69) is 6.92 Å². The van der Waals surface area contributed by atoms with Crippen LogP contribution in [-0.2, 0) is 4.74 Å². The highest BCUT2D eigenvalue weighted by molar-refractivity contribution is 5.16. The third kappa shape index (κ3) is 1.47. The van der Waals surface area contributed by atoms with Crippen molar-refractivity contribution >= 4 is 0 Å². The lowest BCUT2D eigenvalue weighted by atomic mass is 9.76. The van der Waals surface area contributed by atoms with Crippen molar-refractivity contribution in [3.05, 3.63) is 0 Å². The largest absolute Gasteiger partial charge is 0.390 e. The Kier molecular flexibility index (Phi) is 2.37. The standard InChI is InChI=1S/C15H26O3/c1-12(2,16)15-8-7-13(3,17)10-5-6-14(4,18-15)11(10)9-15/h10-11,16-17H,5-9H2,1-4H3. The molecule has 0 aromatic heterocycles. The molecule has 3 rings (SSSR count). The molecule has 1 heterocycles. The minimum absolute atomic E-state index is 0.144. The zero-order valence-electron chi connectivity index (χ0n) is 12.0. The predicted octanol–water partition coefficient (Wildman–Crippen LogP) is 2.25. The molecule has 1 aliphatic heterocycles. The van der Waals surface area contributed by atoms with Crippen molar-refractivity contribution in [1.82, 2.24) is 0 Å². The maximum absolute atomic E-state index is 10.7. The van der Waals surface area contributed by atoms with E-state index in [4.69, 9.17) is 4.74 Å². The second-order valence-electron chi connectivity index (χ2n) is 7.78. The van der Waals surface area contributed by atoms with Crippen LogP contribution in [0.4, 0.5) is 0 Å². The monoisotopic (exact) mass is 254 g/mol. The molecular formula is C15H26O3. The van der Waals surface area contributed by atoms with Gasteiger partial charge in [0.25, 0.3) is 0 Å². The Bertz CT molecular complexity index is 370. The molecule has 0 aromatic rings. The number of hydrogen-bond donors (Lipinski definition) is 2. The molecule has 3 heteroatoms. The van der Waals surface area contributed by atoms with Crippen molar-refractivity contribution in [3.63, 3.8) is 0 Å². The summed E-state index contributed by atoms with van der Waals surface area (Å²) in [5, 5.41) is 21.3. The molecule has 0 amide bonds. The SMILES string of the molecule is CC1(O)CCC2(C(C)(C)O)CC3C1CCC3(C)O2. The van der Waals surface area contributed by atoms with E-state index in [-0.39, 0.29) is 5.60 Å². The summed E-state index contributed by atoms with van der Waals surface area (Å²) in [6.45, 7) is 7.85. The minimum atomic E-state index is -0.842. The van der Waals surface area contributed by atoms with Gasteiger partial charge in [-0.1, -0.05) is 0 Å². The van der Waals surface area contributed by atoms with Crippen LogP contribution in [0.3, 0.4) is 0 Å². The lowest BCUT2D eigenvalue weighted by Gasteiger charge is -2.43. The molecule has 3 nitrogen and oxygen atoms in total. The van der Waals surface area contributed by atoms with E-state index >= 15 is 0 Å². The summed E-state index contributed by atoms with van der Waals surface area (Å²) < 4.78 is 6.43. The average molecular weight is 254 g/mol. The van der Waals surface area contributed by atoms with Gasteiger partial charge >= 0.3 is 0 Å². The number of rotatable bonds is 1. The summed E-state index contributed by atoms with van der Waals surface area (Å²) in [4.78, 5) is 0. The van der Waals surface area contributed by atoms with Gasteiger partial charge in [0, 0.05) is 0 Å². The van der Waals surface area contributed by atoms with Crippen molar-refractivity contribution < 1.29 is 14.9 Å². The summed E-state index contributed by atoms with van der Waals surface area (Å²) in [5.41, 5.74) is -2.05. The van der Waals surface area contributed by atoms with E-state index in [1.54, 1.807) is 0 Å². The highest BCUT2D eigenvalue weighted by Crippen LogP contribution is 2.63. The Labute approximate surface area is 110 Å². The van der Waals surface area contributed by atoms with E-state index in [0.717, 1.165) is 32.1 Å². The lowest BCUT2D eigenvalue weighted by molar-refractivity contribution is -0.199. The van der Waals surface area contributed by atoms with E-state index in [1.165, 1.54) is 0 Å². The molecule has 104 valence electrons. The lowest BCUT2D eigenvalue weighted by Crippen LogP contribution is -2.52. The molecule has 0 aromatic carbocycles. The fourth-order valence-corrected chi connectivity index (χ4v) is 4.80. The highest BCUT2D eigenvalue weighted by atomic mass is 16.5. The molecule has 0 radical (unpaired) electrons. The van der Waals surface area contributed by atoms with Gasteiger partial charge in [0.05, 0.1) is 22.4 Å². The molecule has 3 aliphatic rings. The summed E-state index contributed by atoms with van der Waals surface area (Å²) in [6, 6.07) is 0. The fourth-order valence-electron chi connectivity index (χ4n) is 4.80. The van der Waals surface area contributed by atoms with Crippen molar-refractivity contribution in [2.45, 2.75) is 82.2 Å². The van der Waals surface area contributed by atoms with E-state index in [1.807, 2.05) is 20.8 Å². The van der Waals surface area contributed by atoms with Gasteiger partial charge in [0.15, 0.2) is 0 Å². The molecule has 0 spiro atoms. The van der Waals surface area contributed by atoms with Crippen molar-refractivity contribution in [2.75, 3.05) is 0 Å². The first kappa shape index (κ1) is 12.9. The maximum Gasteiger partial charge on any atom is 0.0975 e. The minimum Gasteiger partial charge on any atom is -0.390 e. The molecule has 5 atom stereocenters. The van der Waals surface area contributed by atoms with Gasteiger partial charge in [-0.3, -0.25) is 0 Å². The van der Waals surface area contributed by atoms with Crippen LogP contribution in [0.5, 0.6) is 0 Å². The number of fused-ring (bicyclic) bond motifs is 1. The molecule has 2 aliphatic carbocycles. The first-order valence-electron chi connectivity index (χ1n) is 7.25. The zero-order valence-corrected chi connectivity index (χ0v) is 12.0. The first-order chi connectivity index (χ1) is 8.10. The third-order valence-electron chi connectivity index (χ3n) is 6.15. The highest BCUT2D eigenvalue weighted by Gasteiger charge is 2.67. The molecule has 1 saturated heterocycles. The van der Waals surface area contributed by atoms with Crippen LogP contribution >= 0.6 is 0 Å². The summed E-state index contributed by atoms with van der Waals surface area (Å²) in [5.74, 6) is 0.718. The van der Waals surface area contributed by atoms with Crippen LogP contribution in [0.2, 0.25) is 0 Å². The Morgan fingerprint density at radius 3 is 2.39 bits per heavy atom. The quantitative estimate of drug-likeness (QED) is 0.754. The van der Waals surface area contributed by atoms with Crippen LogP contribution in [0, 0.1) is 11.8 Å². The van der Waals surface area contributed by atoms with Crippen LogP contribution < -0.4 is 0 Å². The Morgan fingerprint density at radius 2 is 1.78 bits per heavy atom. The van der Waals surface area contributed by atoms with Crippen molar-refractivity contribution in [2.24, 2.45) is 11.8 Å². The van der Waals surface area contributed by atoms with Gasteiger partial charge in [-0.2, -0.15) is 0 Å². The van der Waals surface area contributed by atoms with E-state index < -0.39 is 16.8 Å². The second kappa shape index (κ2) is 3.31.